The molecule has 0 bridgehead atoms. The quantitative estimate of drug-likeness (QED) is 0.261. The average Bonchev–Trinajstić information content (AvgIpc) is 2.49. The minimum Gasteiger partial charge on any atom is -0.449 e. The molecule has 0 aliphatic rings. The number of nitrogens with zero attached hydrogens (tertiary/aromatic N) is 3. The highest BCUT2D eigenvalue weighted by molar-refractivity contribution is 8.13. The van der Waals surface area contributed by atoms with Crippen molar-refractivity contribution in [3.05, 3.63) is 10.4 Å². The molecular formula is C13H25N5O3S. The fourth-order valence-electron chi connectivity index (χ4n) is 1.75. The number of ether oxygens (including phenoxy) is 1. The molecule has 0 aliphatic carbocycles. The zero-order chi connectivity index (χ0) is 16.8. The van der Waals surface area contributed by atoms with Crippen LogP contribution in [0.3, 0.4) is 0 Å². The van der Waals surface area contributed by atoms with Crippen molar-refractivity contribution in [2.75, 3.05) is 26.0 Å². The summed E-state index contributed by atoms with van der Waals surface area (Å²) in [6.45, 7) is 4.70. The number of unbranched alkanes of at least 4 members (excludes halogenated alkanes) is 1. The molecule has 22 heavy (non-hydrogen) atoms. The number of rotatable bonds is 11. The van der Waals surface area contributed by atoms with Crippen molar-refractivity contribution in [1.82, 2.24) is 10.6 Å². The molecule has 2 N–H and O–H groups in total. The van der Waals surface area contributed by atoms with Crippen LogP contribution in [-0.4, -0.2) is 49.2 Å². The molecule has 126 valence electrons. The lowest BCUT2D eigenvalue weighted by atomic mass is 10.1. The molecule has 0 aromatic rings. The van der Waals surface area contributed by atoms with Gasteiger partial charge in [0, 0.05) is 17.5 Å². The Hall–Kier alpha value is -1.44. The number of nitrogens with one attached hydrogen (secondary N) is 2. The van der Waals surface area contributed by atoms with E-state index in [0.717, 1.165) is 19.3 Å². The van der Waals surface area contributed by atoms with Crippen LogP contribution in [0.15, 0.2) is 5.11 Å². The number of azide groups is 1. The van der Waals surface area contributed by atoms with Crippen LogP contribution in [0.2, 0.25) is 0 Å². The van der Waals surface area contributed by atoms with Gasteiger partial charge in [-0.2, -0.15) is 0 Å². The summed E-state index contributed by atoms with van der Waals surface area (Å²) < 4.78 is 4.80. The van der Waals surface area contributed by atoms with Gasteiger partial charge >= 0.3 is 6.09 Å². The van der Waals surface area contributed by atoms with E-state index >= 15 is 0 Å². The molecule has 0 aromatic carbocycles. The van der Waals surface area contributed by atoms with Crippen molar-refractivity contribution >= 4 is 23.0 Å². The molecule has 0 saturated carbocycles. The normalized spacial score (nSPS) is 11.6. The first-order chi connectivity index (χ1) is 10.5. The number of alkyl carbamates (subject to hydrolysis) is 1. The number of amides is 1. The van der Waals surface area contributed by atoms with Crippen LogP contribution in [-0.2, 0) is 9.53 Å². The minimum atomic E-state index is -0.523. The summed E-state index contributed by atoms with van der Waals surface area (Å²) in [5.41, 5.74) is 8.06. The first-order valence-corrected chi connectivity index (χ1v) is 8.49. The highest BCUT2D eigenvalue weighted by Crippen LogP contribution is 2.09. The molecule has 0 aromatic heterocycles. The lowest BCUT2D eigenvalue weighted by Gasteiger charge is -2.19. The van der Waals surface area contributed by atoms with Crippen molar-refractivity contribution in [2.45, 2.75) is 45.2 Å². The molecule has 0 spiro atoms. The van der Waals surface area contributed by atoms with Gasteiger partial charge in [0.05, 0.1) is 19.2 Å². The second kappa shape index (κ2) is 13.2. The Balaban J connectivity index is 3.78. The van der Waals surface area contributed by atoms with Gasteiger partial charge in [-0.3, -0.25) is 4.79 Å². The molecule has 0 rings (SSSR count). The van der Waals surface area contributed by atoms with Crippen molar-refractivity contribution in [3.8, 4) is 0 Å². The molecule has 0 saturated heterocycles. The largest absolute Gasteiger partial charge is 0.449 e. The predicted molar refractivity (Wildman–Crippen MR) is 87.8 cm³/mol. The Kier molecular flexibility index (Phi) is 12.4. The summed E-state index contributed by atoms with van der Waals surface area (Å²) in [5.74, 6) is 0. The Bertz CT molecular complexity index is 386. The smallest absolute Gasteiger partial charge is 0.407 e. The van der Waals surface area contributed by atoms with Crippen LogP contribution in [0.25, 0.3) is 10.4 Å². The van der Waals surface area contributed by atoms with E-state index in [4.69, 9.17) is 10.3 Å². The molecule has 0 heterocycles. The lowest BCUT2D eigenvalue weighted by molar-refractivity contribution is -0.113. The molecule has 0 radical (unpaired) electrons. The maximum absolute atomic E-state index is 11.8. The topological polar surface area (TPSA) is 116 Å². The molecule has 8 nitrogen and oxygen atoms in total. The zero-order valence-corrected chi connectivity index (χ0v) is 14.2. The van der Waals surface area contributed by atoms with Gasteiger partial charge in [-0.05, 0) is 31.0 Å². The highest BCUT2D eigenvalue weighted by Gasteiger charge is 2.17. The van der Waals surface area contributed by atoms with Gasteiger partial charge < -0.3 is 15.4 Å². The average molecular weight is 331 g/mol. The van der Waals surface area contributed by atoms with Gasteiger partial charge in [-0.15, -0.1) is 0 Å². The van der Waals surface area contributed by atoms with Crippen molar-refractivity contribution in [3.63, 3.8) is 0 Å². The van der Waals surface area contributed by atoms with E-state index in [2.05, 4.69) is 20.7 Å². The predicted octanol–water partition coefficient (Wildman–Crippen LogP) is 2.45. The van der Waals surface area contributed by atoms with E-state index in [1.165, 1.54) is 11.8 Å². The minimum absolute atomic E-state index is 0.0680. The zero-order valence-electron chi connectivity index (χ0n) is 13.4. The van der Waals surface area contributed by atoms with E-state index in [0.29, 0.717) is 6.54 Å². The number of carbonyl (C=O) groups excluding carboxylic acids is 2. The van der Waals surface area contributed by atoms with Crippen LogP contribution >= 0.6 is 11.8 Å². The van der Waals surface area contributed by atoms with Crippen LogP contribution in [0.4, 0.5) is 4.79 Å². The van der Waals surface area contributed by atoms with Crippen LogP contribution in [0, 0.1) is 0 Å². The Morgan fingerprint density at radius 1 is 1.36 bits per heavy atom. The molecule has 0 aliphatic heterocycles. The molecule has 1 unspecified atom stereocenters. The van der Waals surface area contributed by atoms with Gasteiger partial charge in [-0.1, -0.05) is 30.7 Å². The number of carbonyl (C=O) groups is 2. The van der Waals surface area contributed by atoms with Crippen LogP contribution < -0.4 is 10.6 Å². The van der Waals surface area contributed by atoms with E-state index in [9.17, 15) is 9.59 Å². The molecular weight excluding hydrogens is 306 g/mol. The number of hydrogen-bond acceptors (Lipinski definition) is 6. The Morgan fingerprint density at radius 2 is 2.09 bits per heavy atom. The highest BCUT2D eigenvalue weighted by atomic mass is 32.2. The third kappa shape index (κ3) is 11.2. The van der Waals surface area contributed by atoms with Crippen LogP contribution in [0.5, 0.6) is 0 Å². The second-order valence-corrected chi connectivity index (χ2v) is 5.72. The number of hydrogen-bond donors (Lipinski definition) is 2. The van der Waals surface area contributed by atoms with Crippen molar-refractivity contribution < 1.29 is 14.3 Å². The lowest BCUT2D eigenvalue weighted by Crippen LogP contribution is -2.39. The second-order valence-electron chi connectivity index (χ2n) is 4.91. The van der Waals surface area contributed by atoms with Gasteiger partial charge in [0.25, 0.3) is 0 Å². The van der Waals surface area contributed by atoms with E-state index in [-0.39, 0.29) is 30.4 Å². The fraction of sp³-hybridized carbons (Fsp3) is 0.846. The maximum atomic E-state index is 11.8. The molecule has 1 atom stereocenters. The summed E-state index contributed by atoms with van der Waals surface area (Å²) in [4.78, 5) is 25.6. The van der Waals surface area contributed by atoms with Gasteiger partial charge in [-0.25, -0.2) is 4.79 Å². The standard InChI is InChI=1S/C13H25N5O3S/c1-10(2)17-11(12(19)22-3)6-4-5-7-15-13(20)21-9-8-16-18-14/h10-11,17H,4-9H2,1-3H3,(H,15,20). The van der Waals surface area contributed by atoms with E-state index < -0.39 is 6.09 Å². The molecule has 1 amide bonds. The van der Waals surface area contributed by atoms with Crippen molar-refractivity contribution in [1.29, 1.82) is 0 Å². The van der Waals surface area contributed by atoms with Crippen LogP contribution in [0.1, 0.15) is 33.1 Å². The van der Waals surface area contributed by atoms with E-state index in [1.807, 2.05) is 13.8 Å². The molecule has 9 heteroatoms. The Morgan fingerprint density at radius 3 is 2.68 bits per heavy atom. The summed E-state index contributed by atoms with van der Waals surface area (Å²) in [5, 5.41) is 9.25. The summed E-state index contributed by atoms with van der Waals surface area (Å²) in [6, 6.07) is 0.107. The summed E-state index contributed by atoms with van der Waals surface area (Å²) >= 11 is 1.23. The summed E-state index contributed by atoms with van der Waals surface area (Å²) in [6.07, 6.45) is 3.60. The first-order valence-electron chi connectivity index (χ1n) is 7.26. The number of thioether (sulfide) groups is 1. The first kappa shape index (κ1) is 20.6. The summed E-state index contributed by atoms with van der Waals surface area (Å²) in [7, 11) is 0. The van der Waals surface area contributed by atoms with Gasteiger partial charge in [0.2, 0.25) is 5.12 Å². The third-order valence-electron chi connectivity index (χ3n) is 2.70. The maximum Gasteiger partial charge on any atom is 0.407 e. The van der Waals surface area contributed by atoms with E-state index in [1.54, 1.807) is 6.26 Å². The molecule has 0 fully saturated rings. The third-order valence-corrected chi connectivity index (χ3v) is 3.38. The monoisotopic (exact) mass is 331 g/mol. The van der Waals surface area contributed by atoms with Gasteiger partial charge in [0.15, 0.2) is 0 Å². The SMILES string of the molecule is CSC(=O)C(CCCCNC(=O)OCCN=[N+]=[N-])NC(C)C. The van der Waals surface area contributed by atoms with Gasteiger partial charge in [0.1, 0.15) is 0 Å². The van der Waals surface area contributed by atoms with Crippen molar-refractivity contribution in [2.24, 2.45) is 5.11 Å². The Labute approximate surface area is 135 Å². The fourth-order valence-corrected chi connectivity index (χ4v) is 2.22.